The van der Waals surface area contributed by atoms with E-state index in [1.807, 2.05) is 0 Å². The normalized spacial score (nSPS) is 17.3. The molecule has 0 spiro atoms. The average Bonchev–Trinajstić information content (AvgIpc) is 2.87. The third-order valence-corrected chi connectivity index (χ3v) is 5.73. The molecule has 2 nitrogen and oxygen atoms in total. The molecule has 0 aromatic carbocycles. The fourth-order valence-corrected chi connectivity index (χ4v) is 4.36. The number of aryl methyl sites for hydroxylation is 1. The second-order valence-corrected chi connectivity index (χ2v) is 7.03. The molecule has 17 heavy (non-hydrogen) atoms. The van der Waals surface area contributed by atoms with E-state index in [0.717, 1.165) is 5.69 Å². The van der Waals surface area contributed by atoms with E-state index in [1.165, 1.54) is 27.2 Å². The van der Waals surface area contributed by atoms with E-state index >= 15 is 0 Å². The lowest BCUT2D eigenvalue weighted by Gasteiger charge is -2.15. The zero-order valence-electron chi connectivity index (χ0n) is 9.44. The first-order valence-corrected chi connectivity index (χ1v) is 8.20. The number of halogens is 1. The third kappa shape index (κ3) is 2.62. The van der Waals surface area contributed by atoms with Gasteiger partial charge in [-0.05, 0) is 47.1 Å². The molecular weight excluding hydrogens is 316 g/mol. The molecule has 5 heteroatoms. The van der Waals surface area contributed by atoms with Crippen LogP contribution in [0.1, 0.15) is 34.5 Å². The molecule has 3 rings (SSSR count). The van der Waals surface area contributed by atoms with Gasteiger partial charge in [0.25, 0.3) is 0 Å². The van der Waals surface area contributed by atoms with Gasteiger partial charge in [-0.2, -0.15) is 0 Å². The lowest BCUT2D eigenvalue weighted by molar-refractivity contribution is 0.603. The first-order valence-electron chi connectivity index (χ1n) is 5.65. The summed E-state index contributed by atoms with van der Waals surface area (Å²) in [5.74, 6) is 0. The van der Waals surface area contributed by atoms with Crippen molar-refractivity contribution in [2.75, 3.05) is 0 Å². The highest BCUT2D eigenvalue weighted by Gasteiger charge is 2.29. The number of nitrogens with zero attached hydrogens (tertiary/aromatic N) is 1. The minimum Gasteiger partial charge on any atom is -0.301 e. The molecule has 1 aliphatic carbocycles. The van der Waals surface area contributed by atoms with Crippen LogP contribution in [0, 0.1) is 6.92 Å². The van der Waals surface area contributed by atoms with E-state index in [9.17, 15) is 0 Å². The molecule has 1 fully saturated rings. The molecule has 0 radical (unpaired) electrons. The van der Waals surface area contributed by atoms with Gasteiger partial charge < -0.3 is 5.32 Å². The SMILES string of the molecule is Cc1csc(C(NC2CC2)c2sccc2Br)n1. The standard InChI is InChI=1S/C12H13BrN2S2/c1-7-6-17-12(14-7)10(15-8-2-3-8)11-9(13)4-5-16-11/h4-6,8,10,15H,2-3H2,1H3. The molecular formula is C12H13BrN2S2. The number of hydrogen-bond acceptors (Lipinski definition) is 4. The average molecular weight is 329 g/mol. The minimum atomic E-state index is 0.260. The van der Waals surface area contributed by atoms with Crippen molar-refractivity contribution in [3.8, 4) is 0 Å². The van der Waals surface area contributed by atoms with Gasteiger partial charge in [0.05, 0.1) is 6.04 Å². The summed E-state index contributed by atoms with van der Waals surface area (Å²) in [6, 6.07) is 3.05. The maximum Gasteiger partial charge on any atom is 0.115 e. The van der Waals surface area contributed by atoms with Crippen molar-refractivity contribution in [2.45, 2.75) is 31.8 Å². The summed E-state index contributed by atoms with van der Waals surface area (Å²) in [7, 11) is 0. The lowest BCUT2D eigenvalue weighted by Crippen LogP contribution is -2.23. The lowest BCUT2D eigenvalue weighted by atomic mass is 10.2. The molecule has 1 aliphatic rings. The van der Waals surface area contributed by atoms with Gasteiger partial charge in [-0.25, -0.2) is 4.98 Å². The van der Waals surface area contributed by atoms with Gasteiger partial charge in [-0.3, -0.25) is 0 Å². The van der Waals surface area contributed by atoms with Crippen LogP contribution in [0.4, 0.5) is 0 Å². The summed E-state index contributed by atoms with van der Waals surface area (Å²) in [6.07, 6.45) is 2.59. The van der Waals surface area contributed by atoms with Gasteiger partial charge in [-0.1, -0.05) is 0 Å². The van der Waals surface area contributed by atoms with Crippen molar-refractivity contribution < 1.29 is 0 Å². The van der Waals surface area contributed by atoms with E-state index < -0.39 is 0 Å². The summed E-state index contributed by atoms with van der Waals surface area (Å²) in [4.78, 5) is 5.97. The highest BCUT2D eigenvalue weighted by molar-refractivity contribution is 9.10. The van der Waals surface area contributed by atoms with Gasteiger partial charge in [-0.15, -0.1) is 22.7 Å². The van der Waals surface area contributed by atoms with Crippen LogP contribution in [-0.4, -0.2) is 11.0 Å². The fourth-order valence-electron chi connectivity index (χ4n) is 1.76. The van der Waals surface area contributed by atoms with Crippen LogP contribution in [0.15, 0.2) is 21.3 Å². The van der Waals surface area contributed by atoms with Gasteiger partial charge in [0.15, 0.2) is 0 Å². The Morgan fingerprint density at radius 3 is 2.82 bits per heavy atom. The van der Waals surface area contributed by atoms with Crippen LogP contribution in [0.25, 0.3) is 0 Å². The zero-order valence-corrected chi connectivity index (χ0v) is 12.7. The quantitative estimate of drug-likeness (QED) is 0.913. The second-order valence-electron chi connectivity index (χ2n) is 4.33. The molecule has 0 amide bonds. The van der Waals surface area contributed by atoms with Crippen molar-refractivity contribution >= 4 is 38.6 Å². The predicted octanol–water partition coefficient (Wildman–Crippen LogP) is 4.12. The number of hydrogen-bond donors (Lipinski definition) is 1. The number of thiophene rings is 1. The number of thiazole rings is 1. The topological polar surface area (TPSA) is 24.9 Å². The van der Waals surface area contributed by atoms with Gasteiger partial charge >= 0.3 is 0 Å². The van der Waals surface area contributed by atoms with E-state index in [-0.39, 0.29) is 6.04 Å². The Kier molecular flexibility index (Phi) is 3.34. The Morgan fingerprint density at radius 2 is 2.29 bits per heavy atom. The smallest absolute Gasteiger partial charge is 0.115 e. The predicted molar refractivity (Wildman–Crippen MR) is 76.9 cm³/mol. The van der Waals surface area contributed by atoms with E-state index in [2.05, 4.69) is 50.0 Å². The maximum absolute atomic E-state index is 4.63. The van der Waals surface area contributed by atoms with Crippen molar-refractivity contribution in [2.24, 2.45) is 0 Å². The van der Waals surface area contributed by atoms with Crippen LogP contribution in [-0.2, 0) is 0 Å². The Morgan fingerprint density at radius 1 is 1.47 bits per heavy atom. The zero-order chi connectivity index (χ0) is 11.8. The monoisotopic (exact) mass is 328 g/mol. The number of nitrogens with one attached hydrogen (secondary N) is 1. The second kappa shape index (κ2) is 4.80. The van der Waals surface area contributed by atoms with Crippen LogP contribution < -0.4 is 5.32 Å². The molecule has 0 bridgehead atoms. The van der Waals surface area contributed by atoms with Crippen molar-refractivity contribution in [1.82, 2.24) is 10.3 Å². The molecule has 2 aromatic heterocycles. The molecule has 1 N–H and O–H groups in total. The third-order valence-electron chi connectivity index (χ3n) is 2.77. The maximum atomic E-state index is 4.63. The van der Waals surface area contributed by atoms with E-state index in [1.54, 1.807) is 22.7 Å². The summed E-state index contributed by atoms with van der Waals surface area (Å²) in [5, 5.41) is 9.12. The van der Waals surface area contributed by atoms with Crippen LogP contribution in [0.5, 0.6) is 0 Å². The van der Waals surface area contributed by atoms with Gasteiger partial charge in [0.2, 0.25) is 0 Å². The molecule has 1 atom stereocenters. The Labute approximate surface area is 117 Å². The first-order chi connectivity index (χ1) is 8.24. The summed E-state index contributed by atoms with van der Waals surface area (Å²) < 4.78 is 1.19. The summed E-state index contributed by atoms with van der Waals surface area (Å²) in [6.45, 7) is 2.05. The first kappa shape index (κ1) is 11.8. The van der Waals surface area contributed by atoms with Crippen LogP contribution in [0.2, 0.25) is 0 Å². The van der Waals surface area contributed by atoms with Crippen LogP contribution in [0.3, 0.4) is 0 Å². The van der Waals surface area contributed by atoms with Crippen LogP contribution >= 0.6 is 38.6 Å². The molecule has 0 saturated heterocycles. The molecule has 0 aliphatic heterocycles. The Bertz CT molecular complexity index is 516. The largest absolute Gasteiger partial charge is 0.301 e. The highest BCUT2D eigenvalue weighted by atomic mass is 79.9. The van der Waals surface area contributed by atoms with Crippen molar-refractivity contribution in [3.63, 3.8) is 0 Å². The fraction of sp³-hybridized carbons (Fsp3) is 0.417. The molecule has 1 unspecified atom stereocenters. The molecule has 2 heterocycles. The number of rotatable bonds is 4. The van der Waals surface area contributed by atoms with Gasteiger partial charge in [0.1, 0.15) is 5.01 Å². The summed E-state index contributed by atoms with van der Waals surface area (Å²) in [5.41, 5.74) is 1.11. The Balaban J connectivity index is 1.93. The summed E-state index contributed by atoms with van der Waals surface area (Å²) >= 11 is 7.16. The van der Waals surface area contributed by atoms with Gasteiger partial charge in [0, 0.05) is 26.5 Å². The van der Waals surface area contributed by atoms with E-state index in [0.29, 0.717) is 6.04 Å². The molecule has 90 valence electrons. The Hall–Kier alpha value is -0.230. The molecule has 1 saturated carbocycles. The van der Waals surface area contributed by atoms with E-state index in [4.69, 9.17) is 0 Å². The van der Waals surface area contributed by atoms with Crippen molar-refractivity contribution in [1.29, 1.82) is 0 Å². The number of aromatic nitrogens is 1. The molecule has 2 aromatic rings. The highest BCUT2D eigenvalue weighted by Crippen LogP contribution is 2.36. The van der Waals surface area contributed by atoms with Crippen molar-refractivity contribution in [3.05, 3.63) is 36.9 Å². The minimum absolute atomic E-state index is 0.260.